The van der Waals surface area contributed by atoms with Gasteiger partial charge in [0.2, 0.25) is 0 Å². The molecule has 1 aromatic carbocycles. The van der Waals surface area contributed by atoms with Gasteiger partial charge < -0.3 is 29.0 Å². The number of rotatable bonds is 31. The molecule has 0 radical (unpaired) electrons. The number of esters is 1. The Hall–Kier alpha value is -2.89. The zero-order valence-corrected chi connectivity index (χ0v) is 33.8. The molecular formula is C40H67N6O6P. The number of nitrogens with two attached hydrogens (primary N) is 1. The molecule has 53 heavy (non-hydrogen) atoms. The summed E-state index contributed by atoms with van der Waals surface area (Å²) in [6.45, 7) is 10.1. The predicted octanol–water partition coefficient (Wildman–Crippen LogP) is 9.27. The highest BCUT2D eigenvalue weighted by Gasteiger charge is 2.25. The minimum Gasteiger partial charge on any atom is -0.459 e. The van der Waals surface area contributed by atoms with E-state index < -0.39 is 7.52 Å². The number of nitrogen functional groups attached to an aromatic ring is 1. The van der Waals surface area contributed by atoms with Crippen molar-refractivity contribution in [1.82, 2.24) is 24.6 Å². The number of imidazole rings is 1. The third-order valence-corrected chi connectivity index (χ3v) is 10.9. The quantitative estimate of drug-likeness (QED) is 0.0367. The standard InChI is InChI=1S/C40H67N6O6P/c1-5-6-7-8-9-10-11-12-13-14-15-16-17-20-26-49-27-21-28-51-53(48,45-25-24-35-22-18-19-23-36(35)40(47)52-33(2)3)32-50-34(4)29-46-31-44-37-38(41)42-30-43-39(37)46/h18-19,22-23,30-31,33-34H,5-17,20-21,24-29,32H2,1-4H3,(H,45,48)(H2,41,42,43)/t34-,53+/m1/s1. The van der Waals surface area contributed by atoms with Crippen molar-refractivity contribution < 1.29 is 28.1 Å². The number of benzene rings is 1. The fraction of sp³-hybridized carbons (Fsp3) is 0.700. The molecule has 3 N–H and O–H groups in total. The van der Waals surface area contributed by atoms with Crippen molar-refractivity contribution in [3.63, 3.8) is 0 Å². The lowest BCUT2D eigenvalue weighted by molar-refractivity contribution is 0.0376. The molecule has 12 nitrogen and oxygen atoms in total. The number of ether oxygens (including phenoxy) is 3. The molecule has 0 saturated heterocycles. The summed E-state index contributed by atoms with van der Waals surface area (Å²) < 4.78 is 39.3. The van der Waals surface area contributed by atoms with Gasteiger partial charge >= 0.3 is 5.97 Å². The number of hydrogen-bond acceptors (Lipinski definition) is 10. The molecule has 0 saturated carbocycles. The summed E-state index contributed by atoms with van der Waals surface area (Å²) in [6, 6.07) is 7.31. The third-order valence-electron chi connectivity index (χ3n) is 9.11. The van der Waals surface area contributed by atoms with Crippen LogP contribution >= 0.6 is 7.52 Å². The van der Waals surface area contributed by atoms with Gasteiger partial charge in [0, 0.05) is 19.8 Å². The second kappa shape index (κ2) is 26.0. The Morgan fingerprint density at radius 3 is 2.17 bits per heavy atom. The molecule has 0 aliphatic heterocycles. The molecule has 0 unspecified atom stereocenters. The van der Waals surface area contributed by atoms with E-state index in [1.807, 2.05) is 43.5 Å². The minimum atomic E-state index is -3.42. The highest BCUT2D eigenvalue weighted by molar-refractivity contribution is 7.56. The fourth-order valence-corrected chi connectivity index (χ4v) is 7.75. The maximum atomic E-state index is 14.1. The van der Waals surface area contributed by atoms with Gasteiger partial charge in [0.25, 0.3) is 7.52 Å². The van der Waals surface area contributed by atoms with Gasteiger partial charge in [-0.2, -0.15) is 0 Å². The van der Waals surface area contributed by atoms with Gasteiger partial charge in [-0.05, 0) is 51.7 Å². The summed E-state index contributed by atoms with van der Waals surface area (Å²) in [5.41, 5.74) is 8.37. The number of aromatic nitrogens is 4. The zero-order chi connectivity index (χ0) is 38.2. The number of hydrogen-bond donors (Lipinski definition) is 2. The molecule has 2 heterocycles. The smallest absolute Gasteiger partial charge is 0.338 e. The van der Waals surface area contributed by atoms with Gasteiger partial charge in [0.05, 0.1) is 37.3 Å². The van der Waals surface area contributed by atoms with Crippen LogP contribution in [0.3, 0.4) is 0 Å². The van der Waals surface area contributed by atoms with Crippen molar-refractivity contribution in [3.05, 3.63) is 48.0 Å². The third kappa shape index (κ3) is 17.9. The number of unbranched alkanes of at least 4 members (excludes halogenated alkanes) is 13. The monoisotopic (exact) mass is 758 g/mol. The lowest BCUT2D eigenvalue weighted by Crippen LogP contribution is -2.24. The molecule has 3 rings (SSSR count). The Kier molecular flexibility index (Phi) is 21.8. The first-order chi connectivity index (χ1) is 25.7. The van der Waals surface area contributed by atoms with Gasteiger partial charge in [-0.3, -0.25) is 4.57 Å². The largest absolute Gasteiger partial charge is 0.459 e. The molecule has 2 atom stereocenters. The van der Waals surface area contributed by atoms with Crippen LogP contribution in [0.25, 0.3) is 11.2 Å². The van der Waals surface area contributed by atoms with Crippen LogP contribution in [-0.2, 0) is 36.3 Å². The molecule has 13 heteroatoms. The Labute approximate surface area is 318 Å². The minimum absolute atomic E-state index is 0.130. The topological polar surface area (TPSA) is 153 Å². The van der Waals surface area contributed by atoms with E-state index in [1.54, 1.807) is 12.4 Å². The first-order valence-electron chi connectivity index (χ1n) is 20.1. The van der Waals surface area contributed by atoms with Crippen LogP contribution in [0, 0.1) is 0 Å². The number of fused-ring (bicyclic) bond motifs is 1. The van der Waals surface area contributed by atoms with Crippen LogP contribution in [0.4, 0.5) is 5.82 Å². The molecule has 0 aliphatic rings. The molecule has 2 aromatic heterocycles. The van der Waals surface area contributed by atoms with Gasteiger partial charge in [-0.15, -0.1) is 0 Å². The van der Waals surface area contributed by atoms with Crippen LogP contribution in [0.1, 0.15) is 140 Å². The van der Waals surface area contributed by atoms with E-state index >= 15 is 0 Å². The maximum Gasteiger partial charge on any atom is 0.338 e. The average Bonchev–Trinajstić information content (AvgIpc) is 3.55. The van der Waals surface area contributed by atoms with Crippen LogP contribution in [0.15, 0.2) is 36.9 Å². The molecule has 3 aromatic rings. The van der Waals surface area contributed by atoms with E-state index in [0.29, 0.717) is 55.1 Å². The van der Waals surface area contributed by atoms with E-state index in [2.05, 4.69) is 27.0 Å². The van der Waals surface area contributed by atoms with Crippen molar-refractivity contribution in [2.45, 2.75) is 149 Å². The van der Waals surface area contributed by atoms with Crippen LogP contribution in [0.5, 0.6) is 0 Å². The van der Waals surface area contributed by atoms with Crippen molar-refractivity contribution in [1.29, 1.82) is 0 Å². The number of anilines is 1. The highest BCUT2D eigenvalue weighted by atomic mass is 31.2. The highest BCUT2D eigenvalue weighted by Crippen LogP contribution is 2.42. The summed E-state index contributed by atoms with van der Waals surface area (Å²) in [6.07, 6.45) is 22.0. The van der Waals surface area contributed by atoms with Crippen molar-refractivity contribution in [3.8, 4) is 0 Å². The van der Waals surface area contributed by atoms with Gasteiger partial charge in [-0.1, -0.05) is 109 Å². The number of carbonyl (C=O) groups excluding carboxylic acids is 1. The first kappa shape index (κ1) is 44.5. The molecule has 0 fully saturated rings. The van der Waals surface area contributed by atoms with Crippen molar-refractivity contribution in [2.75, 3.05) is 38.4 Å². The number of nitrogens with zero attached hydrogens (tertiary/aromatic N) is 4. The van der Waals surface area contributed by atoms with E-state index in [0.717, 1.165) is 18.6 Å². The van der Waals surface area contributed by atoms with E-state index in [1.165, 1.54) is 89.8 Å². The molecular weight excluding hydrogens is 691 g/mol. The van der Waals surface area contributed by atoms with Crippen LogP contribution < -0.4 is 10.8 Å². The molecule has 0 aliphatic carbocycles. The Morgan fingerprint density at radius 2 is 1.49 bits per heavy atom. The van der Waals surface area contributed by atoms with Crippen molar-refractivity contribution in [2.24, 2.45) is 0 Å². The van der Waals surface area contributed by atoms with E-state index in [4.69, 9.17) is 24.5 Å². The Morgan fingerprint density at radius 1 is 0.849 bits per heavy atom. The van der Waals surface area contributed by atoms with E-state index in [-0.39, 0.29) is 31.1 Å². The molecule has 298 valence electrons. The molecule has 0 bridgehead atoms. The van der Waals surface area contributed by atoms with Gasteiger partial charge in [0.1, 0.15) is 18.2 Å². The first-order valence-corrected chi connectivity index (χ1v) is 21.9. The Balaban J connectivity index is 1.38. The lowest BCUT2D eigenvalue weighted by atomic mass is 10.0. The molecule has 0 amide bonds. The molecule has 0 spiro atoms. The normalized spacial score (nSPS) is 13.5. The maximum absolute atomic E-state index is 14.1. The second-order valence-corrected chi connectivity index (χ2v) is 16.5. The summed E-state index contributed by atoms with van der Waals surface area (Å²) in [4.78, 5) is 25.3. The predicted molar refractivity (Wildman–Crippen MR) is 213 cm³/mol. The van der Waals surface area contributed by atoms with Gasteiger partial charge in [0.15, 0.2) is 11.5 Å². The fourth-order valence-electron chi connectivity index (χ4n) is 6.17. The van der Waals surface area contributed by atoms with Crippen LogP contribution in [-0.4, -0.2) is 70.4 Å². The van der Waals surface area contributed by atoms with E-state index in [9.17, 15) is 9.36 Å². The van der Waals surface area contributed by atoms with Gasteiger partial charge in [-0.25, -0.2) is 24.8 Å². The van der Waals surface area contributed by atoms with Crippen molar-refractivity contribution >= 4 is 30.5 Å². The second-order valence-electron chi connectivity index (χ2n) is 14.3. The summed E-state index contributed by atoms with van der Waals surface area (Å²) >= 11 is 0. The summed E-state index contributed by atoms with van der Waals surface area (Å²) in [5, 5.41) is 3.12. The Bertz CT molecular complexity index is 1490. The number of nitrogens with one attached hydrogen (secondary N) is 1. The SMILES string of the molecule is CCCCCCCCCCCCCCCCOCCCO[P@@](=O)(CO[C@H](C)Cn1cnc2c(N)ncnc21)NCCc1ccccc1C(=O)OC(C)C. The summed E-state index contributed by atoms with van der Waals surface area (Å²) in [7, 11) is -3.42. The lowest BCUT2D eigenvalue weighted by Gasteiger charge is -2.22. The summed E-state index contributed by atoms with van der Waals surface area (Å²) in [5.74, 6) is -0.0626. The number of carbonyl (C=O) groups is 1. The average molecular weight is 759 g/mol. The van der Waals surface area contributed by atoms with Crippen LogP contribution in [0.2, 0.25) is 0 Å². The zero-order valence-electron chi connectivity index (χ0n) is 32.9.